The Morgan fingerprint density at radius 1 is 1.11 bits per heavy atom. The summed E-state index contributed by atoms with van der Waals surface area (Å²) in [5.41, 5.74) is 0. The molecule has 0 amide bonds. The van der Waals surface area contributed by atoms with E-state index in [0.29, 0.717) is 25.6 Å². The summed E-state index contributed by atoms with van der Waals surface area (Å²) in [6, 6.07) is 0. The monoisotopic (exact) mass is 310 g/mol. The van der Waals surface area contributed by atoms with Gasteiger partial charge in [0.25, 0.3) is 0 Å². The molecule has 0 radical (unpaired) electrons. The van der Waals surface area contributed by atoms with Crippen LogP contribution in [0.4, 0.5) is 0 Å². The van der Waals surface area contributed by atoms with Gasteiger partial charge in [-0.2, -0.15) is 0 Å². The van der Waals surface area contributed by atoms with Crippen LogP contribution in [-0.2, 0) is 18.4 Å². The van der Waals surface area contributed by atoms with Crippen molar-refractivity contribution < 1.29 is 18.4 Å². The van der Waals surface area contributed by atoms with Gasteiger partial charge in [0.1, 0.15) is 5.78 Å². The summed E-state index contributed by atoms with van der Waals surface area (Å²) < 4.78 is 23.0. The highest BCUT2D eigenvalue weighted by atomic mass is 32.7. The van der Waals surface area contributed by atoms with E-state index in [9.17, 15) is 9.36 Å². The van der Waals surface area contributed by atoms with Crippen molar-refractivity contribution in [1.82, 2.24) is 0 Å². The van der Waals surface area contributed by atoms with Crippen molar-refractivity contribution >= 4 is 24.0 Å². The lowest BCUT2D eigenvalue weighted by Crippen LogP contribution is -2.24. The maximum atomic E-state index is 12.5. The van der Waals surface area contributed by atoms with Crippen molar-refractivity contribution in [2.75, 3.05) is 13.2 Å². The van der Waals surface area contributed by atoms with Crippen LogP contribution in [-0.4, -0.2) is 24.2 Å². The normalized spacial score (nSPS) is 14.1. The van der Waals surface area contributed by atoms with Gasteiger partial charge in [-0.15, -0.1) is 0 Å². The molecule has 0 aromatic heterocycles. The van der Waals surface area contributed by atoms with E-state index in [4.69, 9.17) is 9.05 Å². The summed E-state index contributed by atoms with van der Waals surface area (Å²) in [5.74, 6) is 0.521. The number of hydrogen-bond donors (Lipinski definition) is 0. The minimum Gasteiger partial charge on any atom is -0.301 e. The third-order valence-corrected chi connectivity index (χ3v) is 6.88. The average molecular weight is 310 g/mol. The molecule has 6 heteroatoms. The number of Topliss-reactive ketones (excluding diaryl/α,β-unsaturated/α-hetero) is 1. The first-order valence-electron chi connectivity index (χ1n) is 6.85. The second-order valence-corrected chi connectivity index (χ2v) is 9.22. The van der Waals surface area contributed by atoms with Crippen LogP contribution >= 0.6 is 18.2 Å². The van der Waals surface area contributed by atoms with Crippen molar-refractivity contribution in [3.8, 4) is 0 Å². The summed E-state index contributed by atoms with van der Waals surface area (Å²) in [5, 5.41) is -0.341. The van der Waals surface area contributed by atoms with Crippen molar-refractivity contribution in [3.05, 3.63) is 0 Å². The molecule has 0 aliphatic heterocycles. The van der Waals surface area contributed by atoms with Crippen molar-refractivity contribution in [2.45, 2.75) is 53.2 Å². The van der Waals surface area contributed by atoms with Crippen LogP contribution < -0.4 is 0 Å². The number of carbonyl (C=O) groups is 1. The Balaban J connectivity index is 4.89. The van der Waals surface area contributed by atoms with Gasteiger partial charge in [-0.3, -0.25) is 4.79 Å². The second kappa shape index (κ2) is 9.17. The Bertz CT molecular complexity index is 308. The maximum Gasteiger partial charge on any atom is 0.389 e. The molecular weight excluding hydrogens is 283 g/mol. The number of hydrogen-bond acceptors (Lipinski definition) is 5. The van der Waals surface area contributed by atoms with E-state index in [1.165, 1.54) is 0 Å². The van der Waals surface area contributed by atoms with Gasteiger partial charge < -0.3 is 9.05 Å². The van der Waals surface area contributed by atoms with Gasteiger partial charge in [-0.25, -0.2) is 4.57 Å². The average Bonchev–Trinajstić information content (AvgIpc) is 2.25. The summed E-state index contributed by atoms with van der Waals surface area (Å²) in [6.07, 6.45) is 0.494. The zero-order valence-corrected chi connectivity index (χ0v) is 14.6. The fourth-order valence-corrected chi connectivity index (χ4v) is 6.10. The Morgan fingerprint density at radius 3 is 1.89 bits per heavy atom. The van der Waals surface area contributed by atoms with Crippen LogP contribution in [0.15, 0.2) is 0 Å². The van der Waals surface area contributed by atoms with Gasteiger partial charge in [0.2, 0.25) is 0 Å². The molecule has 0 aliphatic rings. The summed E-state index contributed by atoms with van der Waals surface area (Å²) in [6.45, 7) is 8.86. The molecule has 0 saturated carbocycles. The van der Waals surface area contributed by atoms with E-state index < -0.39 is 6.80 Å². The standard InChI is InChI=1S/C13H27O4PS/c1-7-16-18(15,17-8-2)19-13(11(5)6)12(14)9-10(3)4/h10-11,13H,7-9H2,1-6H3. The van der Waals surface area contributed by atoms with Crippen LogP contribution in [0.25, 0.3) is 0 Å². The fraction of sp³-hybridized carbons (Fsp3) is 0.923. The fourth-order valence-electron chi connectivity index (χ4n) is 1.62. The Labute approximate surface area is 121 Å². The number of carbonyl (C=O) groups excluding carboxylic acids is 1. The van der Waals surface area contributed by atoms with Crippen LogP contribution in [0.5, 0.6) is 0 Å². The Hall–Kier alpha value is 0.170. The lowest BCUT2D eigenvalue weighted by atomic mass is 9.99. The molecule has 0 aliphatic carbocycles. The third kappa shape index (κ3) is 7.50. The van der Waals surface area contributed by atoms with E-state index in [1.54, 1.807) is 13.8 Å². The van der Waals surface area contributed by atoms with Gasteiger partial charge in [-0.1, -0.05) is 27.7 Å². The predicted octanol–water partition coefficient (Wildman–Crippen LogP) is 4.54. The molecule has 4 nitrogen and oxygen atoms in total. The second-order valence-electron chi connectivity index (χ2n) is 5.12. The molecule has 19 heavy (non-hydrogen) atoms. The third-order valence-electron chi connectivity index (χ3n) is 2.35. The Morgan fingerprint density at radius 2 is 1.58 bits per heavy atom. The molecule has 0 aromatic carbocycles. The first-order chi connectivity index (χ1) is 8.75. The maximum absolute atomic E-state index is 12.5. The van der Waals surface area contributed by atoms with Crippen LogP contribution in [0.2, 0.25) is 0 Å². The molecule has 1 atom stereocenters. The molecule has 114 valence electrons. The first kappa shape index (κ1) is 19.2. The van der Waals surface area contributed by atoms with E-state index in [0.717, 1.165) is 11.4 Å². The van der Waals surface area contributed by atoms with Crippen molar-refractivity contribution in [1.29, 1.82) is 0 Å². The zero-order valence-electron chi connectivity index (χ0n) is 12.8. The first-order valence-corrected chi connectivity index (χ1v) is 9.88. The summed E-state index contributed by atoms with van der Waals surface area (Å²) in [4.78, 5) is 12.2. The molecule has 1 unspecified atom stereocenters. The van der Waals surface area contributed by atoms with Crippen molar-refractivity contribution in [3.63, 3.8) is 0 Å². The van der Waals surface area contributed by atoms with E-state index in [1.807, 2.05) is 27.7 Å². The quantitative estimate of drug-likeness (QED) is 0.554. The predicted molar refractivity (Wildman–Crippen MR) is 81.5 cm³/mol. The molecule has 0 heterocycles. The Kier molecular flexibility index (Phi) is 9.25. The summed E-state index contributed by atoms with van der Waals surface area (Å²) in [7, 11) is 0. The van der Waals surface area contributed by atoms with E-state index >= 15 is 0 Å². The van der Waals surface area contributed by atoms with Gasteiger partial charge in [0.05, 0.1) is 18.5 Å². The van der Waals surface area contributed by atoms with Crippen LogP contribution in [0, 0.1) is 11.8 Å². The zero-order chi connectivity index (χ0) is 15.1. The molecule has 0 fully saturated rings. The van der Waals surface area contributed by atoms with Gasteiger partial charge in [0.15, 0.2) is 0 Å². The smallest absolute Gasteiger partial charge is 0.301 e. The number of rotatable bonds is 10. The molecule has 0 rings (SSSR count). The van der Waals surface area contributed by atoms with Gasteiger partial charge in [0, 0.05) is 6.42 Å². The lowest BCUT2D eigenvalue weighted by molar-refractivity contribution is -0.119. The lowest BCUT2D eigenvalue weighted by Gasteiger charge is -2.24. The minimum absolute atomic E-state index is 0.102. The molecular formula is C13H27O4PS. The van der Waals surface area contributed by atoms with Gasteiger partial charge >= 0.3 is 6.80 Å². The number of ketones is 1. The topological polar surface area (TPSA) is 52.6 Å². The molecule has 0 saturated heterocycles. The SMILES string of the molecule is CCOP(=O)(OCC)SC(C(=O)CC(C)C)C(C)C. The minimum atomic E-state index is -3.23. The summed E-state index contributed by atoms with van der Waals surface area (Å²) >= 11 is 1.06. The molecule has 0 aromatic rings. The molecule has 0 spiro atoms. The van der Waals surface area contributed by atoms with Crippen LogP contribution in [0.3, 0.4) is 0 Å². The highest BCUT2D eigenvalue weighted by Gasteiger charge is 2.35. The van der Waals surface area contributed by atoms with Gasteiger partial charge in [-0.05, 0) is 37.1 Å². The van der Waals surface area contributed by atoms with Crippen molar-refractivity contribution in [2.24, 2.45) is 11.8 Å². The van der Waals surface area contributed by atoms with Crippen LogP contribution in [0.1, 0.15) is 48.0 Å². The van der Waals surface area contributed by atoms with E-state index in [-0.39, 0.29) is 17.0 Å². The highest BCUT2D eigenvalue weighted by Crippen LogP contribution is 2.63. The largest absolute Gasteiger partial charge is 0.389 e. The highest BCUT2D eigenvalue weighted by molar-refractivity contribution is 8.55. The van der Waals surface area contributed by atoms with E-state index in [2.05, 4.69) is 0 Å². The molecule has 0 N–H and O–H groups in total. The molecule has 0 bridgehead atoms.